The molecule has 3 N–H and O–H groups in total. The van der Waals surface area contributed by atoms with E-state index in [1.54, 1.807) is 6.08 Å². The summed E-state index contributed by atoms with van der Waals surface area (Å²) in [7, 11) is 0. The van der Waals surface area contributed by atoms with Crippen LogP contribution in [-0.4, -0.2) is 17.8 Å². The van der Waals surface area contributed by atoms with Crippen LogP contribution >= 0.6 is 11.3 Å². The van der Waals surface area contributed by atoms with E-state index in [-0.39, 0.29) is 11.8 Å². The first-order valence-electron chi connectivity index (χ1n) is 10.3. The van der Waals surface area contributed by atoms with Crippen molar-refractivity contribution in [2.24, 2.45) is 28.9 Å². The minimum atomic E-state index is -1.22. The number of fused-ring (bicyclic) bond motifs is 1. The van der Waals surface area contributed by atoms with Crippen molar-refractivity contribution in [3.05, 3.63) is 28.2 Å². The molecule has 3 atom stereocenters. The Morgan fingerprint density at radius 1 is 1.24 bits per heavy atom. The van der Waals surface area contributed by atoms with Crippen LogP contribution in [0.4, 0.5) is 5.00 Å². The number of rotatable bonds is 6. The zero-order valence-electron chi connectivity index (χ0n) is 17.2. The van der Waals surface area contributed by atoms with Crippen LogP contribution in [0.15, 0.2) is 12.2 Å². The molecule has 29 heavy (non-hydrogen) atoms. The zero-order valence-corrected chi connectivity index (χ0v) is 18.1. The number of hydrogen-bond donors (Lipinski definition) is 2. The standard InChI is InChI=1S/C22H30N2O4S/c1-4-22(2,3)12-9-10-15-16(11-12)29-20(17(15)18(23)25)24-19(26)13-7-5-6-8-14(13)21(27)28/h5-6,12-14H,4,7-11H2,1-3H3,(H2,23,25)(H,24,26)(H,27,28)/p-1. The molecule has 158 valence electrons. The molecule has 0 fully saturated rings. The molecule has 1 aromatic heterocycles. The highest BCUT2D eigenvalue weighted by molar-refractivity contribution is 7.17. The quantitative estimate of drug-likeness (QED) is 0.693. The fourth-order valence-corrected chi connectivity index (χ4v) is 5.80. The molecule has 1 aromatic rings. The lowest BCUT2D eigenvalue weighted by molar-refractivity contribution is -0.313. The third-order valence-electron chi connectivity index (χ3n) is 6.84. The molecular formula is C22H29N2O4S-. The third-order valence-corrected chi connectivity index (χ3v) is 8.01. The van der Waals surface area contributed by atoms with E-state index in [1.165, 1.54) is 11.3 Å². The summed E-state index contributed by atoms with van der Waals surface area (Å²) in [4.78, 5) is 37.6. The minimum Gasteiger partial charge on any atom is -0.550 e. The molecule has 2 aliphatic rings. The molecule has 0 bridgehead atoms. The Labute approximate surface area is 175 Å². The lowest BCUT2D eigenvalue weighted by atomic mass is 9.69. The topological polar surface area (TPSA) is 112 Å². The van der Waals surface area contributed by atoms with Gasteiger partial charge in [-0.1, -0.05) is 39.3 Å². The molecule has 3 rings (SSSR count). The van der Waals surface area contributed by atoms with Gasteiger partial charge in [0.05, 0.1) is 11.5 Å². The number of nitrogens with two attached hydrogens (primary N) is 1. The van der Waals surface area contributed by atoms with Crippen molar-refractivity contribution in [1.29, 1.82) is 0 Å². The normalized spacial score (nSPS) is 24.0. The number of amides is 2. The molecule has 2 amide bonds. The molecule has 0 aromatic carbocycles. The van der Waals surface area contributed by atoms with Crippen LogP contribution in [0.25, 0.3) is 0 Å². The largest absolute Gasteiger partial charge is 0.550 e. The van der Waals surface area contributed by atoms with Gasteiger partial charge in [-0.05, 0) is 49.0 Å². The summed E-state index contributed by atoms with van der Waals surface area (Å²) in [6, 6.07) is 0. The molecule has 2 aliphatic carbocycles. The van der Waals surface area contributed by atoms with Crippen LogP contribution in [0, 0.1) is 23.2 Å². The van der Waals surface area contributed by atoms with Crippen molar-refractivity contribution in [2.75, 3.05) is 5.32 Å². The summed E-state index contributed by atoms with van der Waals surface area (Å²) in [5, 5.41) is 14.7. The Morgan fingerprint density at radius 2 is 1.90 bits per heavy atom. The highest BCUT2D eigenvalue weighted by atomic mass is 32.1. The predicted octanol–water partition coefficient (Wildman–Crippen LogP) is 2.66. The second-order valence-corrected chi connectivity index (χ2v) is 9.92. The molecule has 6 nitrogen and oxygen atoms in total. The SMILES string of the molecule is CCC(C)(C)C1CCc2c(sc(NC(=O)C3CC=CCC3C(=O)[O-])c2C(N)=O)C1. The maximum absolute atomic E-state index is 12.9. The molecular weight excluding hydrogens is 388 g/mol. The van der Waals surface area contributed by atoms with Crippen molar-refractivity contribution < 1.29 is 19.5 Å². The Kier molecular flexibility index (Phi) is 6.17. The monoisotopic (exact) mass is 417 g/mol. The predicted molar refractivity (Wildman–Crippen MR) is 111 cm³/mol. The lowest BCUT2D eigenvalue weighted by Crippen LogP contribution is -2.41. The summed E-state index contributed by atoms with van der Waals surface area (Å²) in [6.45, 7) is 6.73. The summed E-state index contributed by atoms with van der Waals surface area (Å²) in [6.07, 6.45) is 7.88. The average molecular weight is 418 g/mol. The second kappa shape index (κ2) is 8.30. The minimum absolute atomic E-state index is 0.202. The molecule has 7 heteroatoms. The highest BCUT2D eigenvalue weighted by Crippen LogP contribution is 2.45. The summed E-state index contributed by atoms with van der Waals surface area (Å²) in [5.74, 6) is -3.23. The van der Waals surface area contributed by atoms with Gasteiger partial charge in [-0.2, -0.15) is 0 Å². The van der Waals surface area contributed by atoms with E-state index in [0.29, 0.717) is 22.9 Å². The smallest absolute Gasteiger partial charge is 0.251 e. The van der Waals surface area contributed by atoms with Crippen molar-refractivity contribution in [1.82, 2.24) is 0 Å². The Balaban J connectivity index is 1.87. The first-order chi connectivity index (χ1) is 13.7. The molecule has 3 unspecified atom stereocenters. The van der Waals surface area contributed by atoms with E-state index < -0.39 is 29.6 Å². The number of aliphatic carboxylic acids is 1. The van der Waals surface area contributed by atoms with E-state index >= 15 is 0 Å². The van der Waals surface area contributed by atoms with Gasteiger partial charge in [-0.25, -0.2) is 0 Å². The summed E-state index contributed by atoms with van der Waals surface area (Å²) >= 11 is 1.41. The number of carboxylic acid groups (broad SMARTS) is 1. The van der Waals surface area contributed by atoms with Crippen LogP contribution in [0.5, 0.6) is 0 Å². The summed E-state index contributed by atoms with van der Waals surface area (Å²) in [5.41, 5.74) is 7.20. The number of carbonyl (C=O) groups excluding carboxylic acids is 3. The van der Waals surface area contributed by atoms with Crippen LogP contribution < -0.4 is 16.2 Å². The van der Waals surface area contributed by atoms with Gasteiger partial charge in [-0.15, -0.1) is 11.3 Å². The average Bonchev–Trinajstić information content (AvgIpc) is 3.04. The van der Waals surface area contributed by atoms with Crippen LogP contribution in [0.2, 0.25) is 0 Å². The van der Waals surface area contributed by atoms with Gasteiger partial charge in [0.1, 0.15) is 5.00 Å². The van der Waals surface area contributed by atoms with Gasteiger partial charge in [0.15, 0.2) is 0 Å². The van der Waals surface area contributed by atoms with E-state index in [4.69, 9.17) is 5.73 Å². The Bertz CT molecular complexity index is 855. The Hall–Kier alpha value is -2.15. The molecule has 0 aliphatic heterocycles. The first-order valence-corrected chi connectivity index (χ1v) is 11.1. The van der Waals surface area contributed by atoms with E-state index in [0.717, 1.165) is 36.1 Å². The van der Waals surface area contributed by atoms with E-state index in [9.17, 15) is 19.5 Å². The fraction of sp³-hybridized carbons (Fsp3) is 0.591. The van der Waals surface area contributed by atoms with E-state index in [1.807, 2.05) is 6.08 Å². The molecule has 0 saturated carbocycles. The van der Waals surface area contributed by atoms with Crippen LogP contribution in [0.3, 0.4) is 0 Å². The van der Waals surface area contributed by atoms with Crippen molar-refractivity contribution >= 4 is 34.1 Å². The molecule has 0 saturated heterocycles. The maximum atomic E-state index is 12.9. The van der Waals surface area contributed by atoms with Gasteiger partial charge in [-0.3, -0.25) is 9.59 Å². The number of thiophene rings is 1. The number of carboxylic acids is 1. The van der Waals surface area contributed by atoms with Crippen molar-refractivity contribution in [3.63, 3.8) is 0 Å². The van der Waals surface area contributed by atoms with Crippen molar-refractivity contribution in [2.45, 2.75) is 59.3 Å². The van der Waals surface area contributed by atoms with Gasteiger partial charge >= 0.3 is 0 Å². The number of carbonyl (C=O) groups is 3. The first kappa shape index (κ1) is 21.6. The number of allylic oxidation sites excluding steroid dienone is 2. The number of primary amides is 1. The van der Waals surface area contributed by atoms with Crippen molar-refractivity contribution in [3.8, 4) is 0 Å². The van der Waals surface area contributed by atoms with Gasteiger partial charge in [0.25, 0.3) is 5.91 Å². The van der Waals surface area contributed by atoms with Gasteiger partial charge < -0.3 is 21.0 Å². The van der Waals surface area contributed by atoms with Gasteiger partial charge in [0.2, 0.25) is 5.91 Å². The number of hydrogen-bond acceptors (Lipinski definition) is 5. The zero-order chi connectivity index (χ0) is 21.3. The lowest BCUT2D eigenvalue weighted by Gasteiger charge is -2.36. The molecule has 1 heterocycles. The number of nitrogens with one attached hydrogen (secondary N) is 1. The molecule has 0 spiro atoms. The van der Waals surface area contributed by atoms with E-state index in [2.05, 4.69) is 26.1 Å². The highest BCUT2D eigenvalue weighted by Gasteiger charge is 2.36. The Morgan fingerprint density at radius 3 is 2.48 bits per heavy atom. The maximum Gasteiger partial charge on any atom is 0.251 e. The fourth-order valence-electron chi connectivity index (χ4n) is 4.46. The number of anilines is 1. The van der Waals surface area contributed by atoms with Gasteiger partial charge in [0, 0.05) is 16.8 Å². The van der Waals surface area contributed by atoms with Crippen LogP contribution in [-0.2, 0) is 22.4 Å². The van der Waals surface area contributed by atoms with Crippen LogP contribution in [0.1, 0.15) is 67.3 Å². The second-order valence-electron chi connectivity index (χ2n) is 8.82. The molecule has 0 radical (unpaired) electrons. The third kappa shape index (κ3) is 4.25. The summed E-state index contributed by atoms with van der Waals surface area (Å²) < 4.78 is 0.